The van der Waals surface area contributed by atoms with E-state index < -0.39 is 12.1 Å². The van der Waals surface area contributed by atoms with Crippen LogP contribution in [0.5, 0.6) is 5.75 Å². The molecule has 160 valence electrons. The van der Waals surface area contributed by atoms with Crippen LogP contribution in [0.25, 0.3) is 21.8 Å². The molecule has 1 atom stereocenters. The highest BCUT2D eigenvalue weighted by molar-refractivity contribution is 7.09. The van der Waals surface area contributed by atoms with Crippen LogP contribution < -0.4 is 10.1 Å². The third kappa shape index (κ3) is 3.83. The van der Waals surface area contributed by atoms with Crippen molar-refractivity contribution in [2.75, 3.05) is 5.32 Å². The van der Waals surface area contributed by atoms with E-state index in [-0.39, 0.29) is 0 Å². The maximum absolute atomic E-state index is 11.3. The second kappa shape index (κ2) is 8.23. The largest absolute Gasteiger partial charge is 0.479 e. The van der Waals surface area contributed by atoms with Crippen molar-refractivity contribution in [2.45, 2.75) is 19.6 Å². The zero-order valence-electron chi connectivity index (χ0n) is 17.0. The summed E-state index contributed by atoms with van der Waals surface area (Å²) in [6, 6.07) is 11.2. The van der Waals surface area contributed by atoms with Crippen LogP contribution >= 0.6 is 11.3 Å². The summed E-state index contributed by atoms with van der Waals surface area (Å²) in [6.07, 6.45) is 4.05. The van der Waals surface area contributed by atoms with Gasteiger partial charge < -0.3 is 15.2 Å². The van der Waals surface area contributed by atoms with E-state index in [1.165, 1.54) is 13.3 Å². The molecule has 5 aromatic rings. The van der Waals surface area contributed by atoms with Crippen LogP contribution in [-0.2, 0) is 11.3 Å². The van der Waals surface area contributed by atoms with Gasteiger partial charge in [-0.1, -0.05) is 6.07 Å². The Morgan fingerprint density at radius 3 is 2.97 bits per heavy atom. The van der Waals surface area contributed by atoms with E-state index in [0.29, 0.717) is 29.0 Å². The predicted molar refractivity (Wildman–Crippen MR) is 121 cm³/mol. The number of carboxylic acids is 1. The third-order valence-corrected chi connectivity index (χ3v) is 5.71. The van der Waals surface area contributed by atoms with E-state index in [9.17, 15) is 9.90 Å². The third-order valence-electron chi connectivity index (χ3n) is 4.95. The lowest BCUT2D eigenvalue weighted by Crippen LogP contribution is -2.23. The SMILES string of the molecule is C[C@@H](Oc1cccc2ncnc(Nc3ccc4c(cnn4Cc4nccs4)c3)c12)C(=O)O. The zero-order chi connectivity index (χ0) is 22.1. The minimum atomic E-state index is -1.05. The van der Waals surface area contributed by atoms with Gasteiger partial charge in [0.05, 0.1) is 29.2 Å². The van der Waals surface area contributed by atoms with Crippen LogP contribution in [0.4, 0.5) is 11.5 Å². The number of nitrogens with zero attached hydrogens (tertiary/aromatic N) is 5. The summed E-state index contributed by atoms with van der Waals surface area (Å²) >= 11 is 1.60. The van der Waals surface area contributed by atoms with Crippen molar-refractivity contribution in [3.8, 4) is 5.75 Å². The lowest BCUT2D eigenvalue weighted by molar-refractivity contribution is -0.144. The van der Waals surface area contributed by atoms with E-state index >= 15 is 0 Å². The van der Waals surface area contributed by atoms with Crippen molar-refractivity contribution in [1.29, 1.82) is 0 Å². The van der Waals surface area contributed by atoms with Gasteiger partial charge in [0, 0.05) is 22.7 Å². The van der Waals surface area contributed by atoms with E-state index in [4.69, 9.17) is 4.74 Å². The Kier molecular flexibility index (Phi) is 5.12. The molecule has 0 saturated carbocycles. The van der Waals surface area contributed by atoms with Crippen LogP contribution in [0.1, 0.15) is 11.9 Å². The van der Waals surface area contributed by atoms with Crippen molar-refractivity contribution < 1.29 is 14.6 Å². The monoisotopic (exact) mass is 446 g/mol. The fourth-order valence-electron chi connectivity index (χ4n) is 3.40. The predicted octanol–water partition coefficient (Wildman–Crippen LogP) is 4.08. The molecule has 5 rings (SSSR count). The maximum atomic E-state index is 11.3. The fourth-order valence-corrected chi connectivity index (χ4v) is 4.00. The van der Waals surface area contributed by atoms with Gasteiger partial charge in [-0.2, -0.15) is 5.10 Å². The molecule has 2 N–H and O–H groups in total. The molecule has 0 spiro atoms. The molecule has 0 saturated heterocycles. The highest BCUT2D eigenvalue weighted by atomic mass is 32.1. The van der Waals surface area contributed by atoms with E-state index in [0.717, 1.165) is 21.6 Å². The lowest BCUT2D eigenvalue weighted by Gasteiger charge is -2.15. The topological polar surface area (TPSA) is 115 Å². The van der Waals surface area contributed by atoms with Gasteiger partial charge in [0.15, 0.2) is 6.10 Å². The first-order valence-corrected chi connectivity index (χ1v) is 10.7. The molecular weight excluding hydrogens is 428 g/mol. The highest BCUT2D eigenvalue weighted by Gasteiger charge is 2.17. The molecule has 10 heteroatoms. The van der Waals surface area contributed by atoms with E-state index in [1.807, 2.05) is 40.5 Å². The molecule has 3 aromatic heterocycles. The van der Waals surface area contributed by atoms with Crippen LogP contribution in [0.15, 0.2) is 60.5 Å². The summed E-state index contributed by atoms with van der Waals surface area (Å²) in [5.41, 5.74) is 2.46. The number of benzene rings is 2. The first kappa shape index (κ1) is 19.9. The number of hydrogen-bond acceptors (Lipinski definition) is 8. The molecule has 9 nitrogen and oxygen atoms in total. The van der Waals surface area contributed by atoms with Crippen molar-refractivity contribution in [2.24, 2.45) is 0 Å². The molecule has 0 fully saturated rings. The minimum absolute atomic E-state index is 0.401. The maximum Gasteiger partial charge on any atom is 0.344 e. The van der Waals surface area contributed by atoms with Crippen LogP contribution in [0.3, 0.4) is 0 Å². The number of nitrogens with one attached hydrogen (secondary N) is 1. The molecule has 32 heavy (non-hydrogen) atoms. The van der Waals surface area contributed by atoms with Gasteiger partial charge in [-0.15, -0.1) is 11.3 Å². The van der Waals surface area contributed by atoms with Crippen molar-refractivity contribution in [3.05, 3.63) is 65.5 Å². The van der Waals surface area contributed by atoms with Crippen molar-refractivity contribution >= 4 is 50.6 Å². The van der Waals surface area contributed by atoms with Crippen LogP contribution in [-0.4, -0.2) is 41.9 Å². The van der Waals surface area contributed by atoms with Gasteiger partial charge in [-0.25, -0.2) is 19.7 Å². The molecule has 2 aromatic carbocycles. The van der Waals surface area contributed by atoms with Gasteiger partial charge >= 0.3 is 5.97 Å². The number of thiazole rings is 1. The van der Waals surface area contributed by atoms with Crippen molar-refractivity contribution in [1.82, 2.24) is 24.7 Å². The van der Waals surface area contributed by atoms with E-state index in [2.05, 4.69) is 25.4 Å². The number of aliphatic carboxylic acids is 1. The number of ether oxygens (including phenoxy) is 1. The first-order chi connectivity index (χ1) is 15.6. The molecule has 0 radical (unpaired) electrons. The first-order valence-electron chi connectivity index (χ1n) is 9.82. The number of fused-ring (bicyclic) bond motifs is 2. The average molecular weight is 446 g/mol. The molecule has 0 aliphatic rings. The van der Waals surface area contributed by atoms with Gasteiger partial charge in [-0.05, 0) is 37.3 Å². The van der Waals surface area contributed by atoms with E-state index in [1.54, 1.807) is 29.7 Å². The summed E-state index contributed by atoms with van der Waals surface area (Å²) < 4.78 is 7.57. The summed E-state index contributed by atoms with van der Waals surface area (Å²) in [6.45, 7) is 2.10. The minimum Gasteiger partial charge on any atom is -0.479 e. The number of hydrogen-bond donors (Lipinski definition) is 2. The molecule has 0 amide bonds. The summed E-state index contributed by atoms with van der Waals surface area (Å²) in [5.74, 6) is -0.121. The lowest BCUT2D eigenvalue weighted by atomic mass is 10.2. The second-order valence-electron chi connectivity index (χ2n) is 7.10. The Labute approximate surface area is 186 Å². The summed E-state index contributed by atoms with van der Waals surface area (Å²) in [4.78, 5) is 24.2. The molecular formula is C22H18N6O3S. The van der Waals surface area contributed by atoms with Gasteiger partial charge in [-0.3, -0.25) is 4.68 Å². The smallest absolute Gasteiger partial charge is 0.344 e. The molecule has 0 aliphatic carbocycles. The van der Waals surface area contributed by atoms with Crippen LogP contribution in [0.2, 0.25) is 0 Å². The van der Waals surface area contributed by atoms with Crippen molar-refractivity contribution in [3.63, 3.8) is 0 Å². The number of rotatable bonds is 7. The average Bonchev–Trinajstić information content (AvgIpc) is 3.44. The highest BCUT2D eigenvalue weighted by Crippen LogP contribution is 2.32. The number of carbonyl (C=O) groups is 1. The Bertz CT molecular complexity index is 1410. The molecule has 3 heterocycles. The Morgan fingerprint density at radius 2 is 2.16 bits per heavy atom. The quantitative estimate of drug-likeness (QED) is 0.384. The van der Waals surface area contributed by atoms with Gasteiger partial charge in [0.1, 0.15) is 22.9 Å². The fraction of sp³-hybridized carbons (Fsp3) is 0.136. The summed E-state index contributed by atoms with van der Waals surface area (Å²) in [5, 5.41) is 21.5. The van der Waals surface area contributed by atoms with Crippen LogP contribution in [0, 0.1) is 0 Å². The molecule has 0 bridgehead atoms. The van der Waals surface area contributed by atoms with Gasteiger partial charge in [0.25, 0.3) is 0 Å². The zero-order valence-corrected chi connectivity index (χ0v) is 17.8. The Balaban J connectivity index is 1.48. The molecule has 0 unspecified atom stereocenters. The Morgan fingerprint density at radius 1 is 1.25 bits per heavy atom. The number of carboxylic acid groups (broad SMARTS) is 1. The standard InChI is InChI=1S/C22H18N6O3S/c1-13(22(29)30)31-18-4-2-3-16-20(18)21(25-12-24-16)27-15-5-6-17-14(9-15)10-26-28(17)11-19-23-7-8-32-19/h2-10,12-13H,11H2,1H3,(H,29,30)(H,24,25,27)/t13-/m1/s1. The second-order valence-corrected chi connectivity index (χ2v) is 8.08. The Hall–Kier alpha value is -4.05. The summed E-state index contributed by atoms with van der Waals surface area (Å²) in [7, 11) is 0. The normalized spacial score (nSPS) is 12.2. The van der Waals surface area contributed by atoms with Gasteiger partial charge in [0.2, 0.25) is 0 Å². The molecule has 0 aliphatic heterocycles. The number of aromatic nitrogens is 5. The number of anilines is 2.